The molecule has 1 fully saturated rings. The van der Waals surface area contributed by atoms with Crippen molar-refractivity contribution in [2.24, 2.45) is 7.05 Å². The lowest BCUT2D eigenvalue weighted by atomic mass is 9.85. The van der Waals surface area contributed by atoms with Gasteiger partial charge in [0.2, 0.25) is 11.8 Å². The molecule has 150 valence electrons. The summed E-state index contributed by atoms with van der Waals surface area (Å²) in [4.78, 5) is 30.3. The van der Waals surface area contributed by atoms with Crippen LogP contribution < -0.4 is 10.6 Å². The van der Waals surface area contributed by atoms with E-state index in [9.17, 15) is 9.59 Å². The second kappa shape index (κ2) is 8.07. The number of para-hydroxylation sites is 2. The molecule has 6 nitrogen and oxygen atoms in total. The first-order valence-electron chi connectivity index (χ1n) is 10.1. The lowest BCUT2D eigenvalue weighted by Crippen LogP contribution is -2.59. The number of aromatic nitrogens is 2. The van der Waals surface area contributed by atoms with E-state index >= 15 is 0 Å². The Morgan fingerprint density at radius 3 is 2.69 bits per heavy atom. The van der Waals surface area contributed by atoms with Crippen LogP contribution in [0.15, 0.2) is 54.6 Å². The van der Waals surface area contributed by atoms with Gasteiger partial charge in [-0.1, -0.05) is 48.9 Å². The fraction of sp³-hybridized carbons (Fsp3) is 0.348. The number of hydrogen-bond acceptors (Lipinski definition) is 3. The maximum absolute atomic E-state index is 13.4. The van der Waals surface area contributed by atoms with Crippen molar-refractivity contribution in [2.75, 3.05) is 0 Å². The Morgan fingerprint density at radius 2 is 1.90 bits per heavy atom. The van der Waals surface area contributed by atoms with Gasteiger partial charge < -0.3 is 15.2 Å². The summed E-state index contributed by atoms with van der Waals surface area (Å²) in [5.74, 6) is 0.578. The van der Waals surface area contributed by atoms with Crippen molar-refractivity contribution in [3.8, 4) is 0 Å². The first kappa shape index (κ1) is 19.2. The van der Waals surface area contributed by atoms with Crippen molar-refractivity contribution in [2.45, 2.75) is 44.2 Å². The monoisotopic (exact) mass is 390 g/mol. The molecule has 4 rings (SSSR count). The van der Waals surface area contributed by atoms with E-state index in [1.165, 1.54) is 0 Å². The van der Waals surface area contributed by atoms with Gasteiger partial charge in [-0.25, -0.2) is 4.98 Å². The summed E-state index contributed by atoms with van der Waals surface area (Å²) >= 11 is 0. The molecule has 1 atom stereocenters. The summed E-state index contributed by atoms with van der Waals surface area (Å²) in [6, 6.07) is 17.8. The molecule has 2 aromatic carbocycles. The van der Waals surface area contributed by atoms with Crippen molar-refractivity contribution in [3.05, 3.63) is 66.0 Å². The van der Waals surface area contributed by atoms with Crippen molar-refractivity contribution in [1.82, 2.24) is 20.2 Å². The summed E-state index contributed by atoms with van der Waals surface area (Å²) in [6.07, 6.45) is 3.22. The van der Waals surface area contributed by atoms with Gasteiger partial charge in [-0.15, -0.1) is 0 Å². The van der Waals surface area contributed by atoms with E-state index in [1.807, 2.05) is 66.2 Å². The molecule has 29 heavy (non-hydrogen) atoms. The van der Waals surface area contributed by atoms with Gasteiger partial charge in [0.15, 0.2) is 0 Å². The number of fused-ring (bicyclic) bond motifs is 1. The largest absolute Gasteiger partial charge is 0.347 e. The number of amides is 2. The summed E-state index contributed by atoms with van der Waals surface area (Å²) in [5, 5.41) is 6.08. The van der Waals surface area contributed by atoms with Gasteiger partial charge in [0.05, 0.1) is 17.6 Å². The third-order valence-corrected chi connectivity index (χ3v) is 5.71. The molecule has 6 heteroatoms. The molecule has 0 aliphatic carbocycles. The van der Waals surface area contributed by atoms with Crippen LogP contribution in [0.3, 0.4) is 0 Å². The minimum absolute atomic E-state index is 0.0590. The smallest absolute Gasteiger partial charge is 0.246 e. The number of carbonyl (C=O) groups is 2. The van der Waals surface area contributed by atoms with E-state index in [-0.39, 0.29) is 11.8 Å². The molecule has 2 heterocycles. The predicted octanol–water partition coefficient (Wildman–Crippen LogP) is 2.86. The number of carbonyl (C=O) groups excluding carboxylic acids is 2. The minimum atomic E-state index is -0.931. The zero-order valence-corrected chi connectivity index (χ0v) is 16.6. The molecule has 2 amide bonds. The van der Waals surface area contributed by atoms with Gasteiger partial charge >= 0.3 is 0 Å². The van der Waals surface area contributed by atoms with E-state index in [0.717, 1.165) is 35.3 Å². The number of aryl methyl sites for hydroxylation is 1. The lowest BCUT2D eigenvalue weighted by Gasteiger charge is -2.32. The molecule has 1 aliphatic rings. The van der Waals surface area contributed by atoms with Crippen LogP contribution in [0.2, 0.25) is 0 Å². The highest BCUT2D eigenvalue weighted by Crippen LogP contribution is 2.25. The summed E-state index contributed by atoms with van der Waals surface area (Å²) < 4.78 is 1.99. The van der Waals surface area contributed by atoms with Crippen LogP contribution in [0, 0.1) is 0 Å². The van der Waals surface area contributed by atoms with Gasteiger partial charge in [-0.2, -0.15) is 0 Å². The van der Waals surface area contributed by atoms with E-state index < -0.39 is 5.54 Å². The Hall–Kier alpha value is -3.15. The summed E-state index contributed by atoms with van der Waals surface area (Å²) in [7, 11) is 1.95. The van der Waals surface area contributed by atoms with Gasteiger partial charge in [0, 0.05) is 19.9 Å². The normalized spacial score (nSPS) is 19.6. The van der Waals surface area contributed by atoms with Crippen LogP contribution in [0.5, 0.6) is 0 Å². The van der Waals surface area contributed by atoms with E-state index in [0.29, 0.717) is 25.8 Å². The van der Waals surface area contributed by atoms with Crippen LogP contribution in [0.25, 0.3) is 11.0 Å². The number of benzene rings is 2. The minimum Gasteiger partial charge on any atom is -0.347 e. The van der Waals surface area contributed by atoms with E-state index in [1.54, 1.807) is 0 Å². The number of hydrogen-bond donors (Lipinski definition) is 2. The molecule has 1 saturated heterocycles. The molecular formula is C23H26N4O2. The van der Waals surface area contributed by atoms with Gasteiger partial charge in [-0.3, -0.25) is 9.59 Å². The molecule has 1 aromatic heterocycles. The van der Waals surface area contributed by atoms with Crippen LogP contribution in [-0.2, 0) is 29.6 Å². The van der Waals surface area contributed by atoms with Crippen LogP contribution in [0.4, 0.5) is 0 Å². The number of imidazole rings is 1. The first-order chi connectivity index (χ1) is 14.1. The Bertz CT molecular complexity index is 1030. The lowest BCUT2D eigenvalue weighted by molar-refractivity contribution is -0.133. The molecule has 2 N–H and O–H groups in total. The molecule has 0 radical (unpaired) electrons. The fourth-order valence-electron chi connectivity index (χ4n) is 4.11. The van der Waals surface area contributed by atoms with Gasteiger partial charge in [0.25, 0.3) is 0 Å². The zero-order chi connectivity index (χ0) is 20.3. The zero-order valence-electron chi connectivity index (χ0n) is 16.6. The second-order valence-corrected chi connectivity index (χ2v) is 7.76. The number of nitrogens with one attached hydrogen (secondary N) is 2. The highest BCUT2D eigenvalue weighted by Gasteiger charge is 2.40. The fourth-order valence-corrected chi connectivity index (χ4v) is 4.11. The van der Waals surface area contributed by atoms with Crippen molar-refractivity contribution in [1.29, 1.82) is 0 Å². The van der Waals surface area contributed by atoms with Crippen LogP contribution in [-0.4, -0.2) is 26.9 Å². The third-order valence-electron chi connectivity index (χ3n) is 5.71. The average Bonchev–Trinajstić information content (AvgIpc) is 2.92. The topological polar surface area (TPSA) is 76.0 Å². The summed E-state index contributed by atoms with van der Waals surface area (Å²) in [6.45, 7) is 0.316. The highest BCUT2D eigenvalue weighted by atomic mass is 16.2. The van der Waals surface area contributed by atoms with E-state index in [2.05, 4.69) is 15.6 Å². The number of rotatable bonds is 5. The Kier molecular flexibility index (Phi) is 5.34. The van der Waals surface area contributed by atoms with Gasteiger partial charge in [-0.05, 0) is 30.5 Å². The summed E-state index contributed by atoms with van der Waals surface area (Å²) in [5.41, 5.74) is 2.03. The highest BCUT2D eigenvalue weighted by molar-refractivity contribution is 5.92. The molecule has 1 unspecified atom stereocenters. The maximum atomic E-state index is 13.4. The molecule has 1 aliphatic heterocycles. The Balaban J connectivity index is 1.57. The maximum Gasteiger partial charge on any atom is 0.246 e. The van der Waals surface area contributed by atoms with Crippen molar-refractivity contribution in [3.63, 3.8) is 0 Å². The van der Waals surface area contributed by atoms with Gasteiger partial charge in [0.1, 0.15) is 11.4 Å². The Labute approximate surface area is 170 Å². The van der Waals surface area contributed by atoms with Crippen LogP contribution in [0.1, 0.15) is 37.1 Å². The second-order valence-electron chi connectivity index (χ2n) is 7.76. The molecule has 3 aromatic rings. The molecule has 0 saturated carbocycles. The molecule has 0 bridgehead atoms. The van der Waals surface area contributed by atoms with E-state index in [4.69, 9.17) is 0 Å². The van der Waals surface area contributed by atoms with Crippen molar-refractivity contribution >= 4 is 22.8 Å². The average molecular weight is 390 g/mol. The SMILES string of the molecule is Cn1c(CNC(=O)C2(Cc3ccccc3)CCCCC(=O)N2)nc2ccccc21. The van der Waals surface area contributed by atoms with Crippen molar-refractivity contribution < 1.29 is 9.59 Å². The number of nitrogens with zero attached hydrogens (tertiary/aromatic N) is 2. The van der Waals surface area contributed by atoms with Crippen LogP contribution >= 0.6 is 0 Å². The Morgan fingerprint density at radius 1 is 1.14 bits per heavy atom. The third kappa shape index (κ3) is 4.01. The molecule has 0 spiro atoms. The first-order valence-corrected chi connectivity index (χ1v) is 10.1. The standard InChI is InChI=1S/C23H26N4O2/c1-27-19-12-6-5-11-18(19)25-20(27)16-24-22(29)23(14-8-7-13-21(28)26-23)15-17-9-3-2-4-10-17/h2-6,9-12H,7-8,13-16H2,1H3,(H,24,29)(H,26,28). The molecular weight excluding hydrogens is 364 g/mol. The predicted molar refractivity (Wildman–Crippen MR) is 112 cm³/mol. The quantitative estimate of drug-likeness (QED) is 0.703.